The molecule has 0 spiro atoms. The van der Waals surface area contributed by atoms with Crippen molar-refractivity contribution in [2.45, 2.75) is 63.5 Å². The van der Waals surface area contributed by atoms with Crippen molar-refractivity contribution in [2.24, 2.45) is 11.8 Å². The van der Waals surface area contributed by atoms with Gasteiger partial charge in [0.2, 0.25) is 5.91 Å². The lowest BCUT2D eigenvalue weighted by Gasteiger charge is -2.45. The molecule has 0 radical (unpaired) electrons. The standard InChI is InChI=1S/C33H31ClF7N3O2/c1-18-9-12-23(16-25(18)33(39,40)41)43-30(45)24-15-20(32(36,37)38)17-44(31(46)28-26(34)7-4-8-27(28)35)29(24)19-10-13-22(14-11-19)42-21-5-2-3-6-21/h4,7-14,16,20-21,24,29,42H,2-3,5-6,15,17H2,1H3,(H,43,45)/t20-,24+,29?/m1/s1. The van der Waals surface area contributed by atoms with Crippen molar-refractivity contribution in [3.8, 4) is 0 Å². The summed E-state index contributed by atoms with van der Waals surface area (Å²) in [5.74, 6) is -7.01. The van der Waals surface area contributed by atoms with Crippen molar-refractivity contribution in [2.75, 3.05) is 17.2 Å². The summed E-state index contributed by atoms with van der Waals surface area (Å²) < 4.78 is 98.6. The van der Waals surface area contributed by atoms with Gasteiger partial charge in [-0.2, -0.15) is 26.3 Å². The van der Waals surface area contributed by atoms with Crippen LogP contribution in [0.1, 0.15) is 65.2 Å². The van der Waals surface area contributed by atoms with Crippen LogP contribution < -0.4 is 10.6 Å². The maximum absolute atomic E-state index is 14.9. The molecule has 1 aliphatic heterocycles. The molecule has 13 heteroatoms. The summed E-state index contributed by atoms with van der Waals surface area (Å²) in [7, 11) is 0. The number of hydrogen-bond donors (Lipinski definition) is 2. The Morgan fingerprint density at radius 2 is 1.57 bits per heavy atom. The number of nitrogens with one attached hydrogen (secondary N) is 2. The first-order chi connectivity index (χ1) is 21.6. The second-order valence-electron chi connectivity index (χ2n) is 11.8. The van der Waals surface area contributed by atoms with Crippen LogP contribution in [0.15, 0.2) is 60.7 Å². The van der Waals surface area contributed by atoms with Crippen molar-refractivity contribution in [1.82, 2.24) is 4.90 Å². The van der Waals surface area contributed by atoms with E-state index in [0.717, 1.165) is 48.4 Å². The molecule has 2 fully saturated rings. The molecular weight excluding hydrogens is 639 g/mol. The van der Waals surface area contributed by atoms with Gasteiger partial charge in [-0.1, -0.05) is 48.7 Å². The van der Waals surface area contributed by atoms with E-state index in [4.69, 9.17) is 11.6 Å². The maximum atomic E-state index is 14.9. The minimum Gasteiger partial charge on any atom is -0.382 e. The molecule has 2 aliphatic rings. The molecule has 3 atom stereocenters. The summed E-state index contributed by atoms with van der Waals surface area (Å²) in [5, 5.41) is 5.42. The number of rotatable bonds is 6. The summed E-state index contributed by atoms with van der Waals surface area (Å²) in [5.41, 5.74) is -1.03. The Balaban J connectivity index is 1.57. The van der Waals surface area contributed by atoms with Crippen molar-refractivity contribution in [1.29, 1.82) is 0 Å². The Labute approximate surface area is 266 Å². The lowest BCUT2D eigenvalue weighted by atomic mass is 9.78. The van der Waals surface area contributed by atoms with E-state index in [2.05, 4.69) is 10.6 Å². The van der Waals surface area contributed by atoms with E-state index in [0.29, 0.717) is 11.6 Å². The molecule has 0 aromatic heterocycles. The van der Waals surface area contributed by atoms with Gasteiger partial charge in [-0.05, 0) is 73.7 Å². The average Bonchev–Trinajstić information content (AvgIpc) is 3.50. The lowest BCUT2D eigenvalue weighted by molar-refractivity contribution is -0.193. The van der Waals surface area contributed by atoms with Crippen LogP contribution in [-0.4, -0.2) is 35.5 Å². The average molecular weight is 670 g/mol. The Bertz CT molecular complexity index is 1570. The fourth-order valence-electron chi connectivity index (χ4n) is 6.36. The molecule has 1 saturated heterocycles. The Kier molecular flexibility index (Phi) is 9.58. The quantitative estimate of drug-likeness (QED) is 0.257. The first kappa shape index (κ1) is 33.6. The minimum absolute atomic E-state index is 0.108. The van der Waals surface area contributed by atoms with Gasteiger partial charge in [0.1, 0.15) is 5.82 Å². The topological polar surface area (TPSA) is 61.4 Å². The van der Waals surface area contributed by atoms with Crippen LogP contribution in [0.25, 0.3) is 0 Å². The number of alkyl halides is 6. The molecule has 1 unspecified atom stereocenters. The fourth-order valence-corrected chi connectivity index (χ4v) is 6.60. The fraction of sp³-hybridized carbons (Fsp3) is 0.394. The normalized spacial score (nSPS) is 20.9. The number of likely N-dealkylation sites (tertiary alicyclic amines) is 1. The molecule has 0 bridgehead atoms. The van der Waals surface area contributed by atoms with Gasteiger partial charge in [-0.15, -0.1) is 0 Å². The van der Waals surface area contributed by atoms with E-state index in [1.807, 2.05) is 0 Å². The number of carbonyl (C=O) groups excluding carboxylic acids is 2. The van der Waals surface area contributed by atoms with Crippen molar-refractivity contribution >= 4 is 34.8 Å². The molecule has 1 saturated carbocycles. The van der Waals surface area contributed by atoms with Crippen molar-refractivity contribution in [3.63, 3.8) is 0 Å². The highest BCUT2D eigenvalue weighted by atomic mass is 35.5. The number of halogens is 8. The van der Waals surface area contributed by atoms with Crippen molar-refractivity contribution < 1.29 is 40.3 Å². The highest BCUT2D eigenvalue weighted by Gasteiger charge is 2.52. The molecule has 2 amide bonds. The van der Waals surface area contributed by atoms with Gasteiger partial charge < -0.3 is 15.5 Å². The number of hydrogen-bond acceptors (Lipinski definition) is 3. The van der Waals surface area contributed by atoms with Crippen LogP contribution >= 0.6 is 11.6 Å². The van der Waals surface area contributed by atoms with Crippen LogP contribution in [-0.2, 0) is 11.0 Å². The summed E-state index contributed by atoms with van der Waals surface area (Å²) in [6.45, 7) is 0.342. The number of aryl methyl sites for hydroxylation is 1. The van der Waals surface area contributed by atoms with Gasteiger partial charge in [0.05, 0.1) is 34.0 Å². The van der Waals surface area contributed by atoms with Crippen LogP contribution in [0.2, 0.25) is 5.02 Å². The molecular formula is C33H31ClF7N3O2. The monoisotopic (exact) mass is 669 g/mol. The van der Waals surface area contributed by atoms with E-state index in [1.54, 1.807) is 24.3 Å². The third-order valence-corrected chi connectivity index (χ3v) is 9.01. The third kappa shape index (κ3) is 7.27. The molecule has 1 heterocycles. The zero-order chi connectivity index (χ0) is 33.4. The van der Waals surface area contributed by atoms with E-state index in [9.17, 15) is 40.3 Å². The minimum atomic E-state index is -4.86. The van der Waals surface area contributed by atoms with E-state index >= 15 is 0 Å². The van der Waals surface area contributed by atoms with E-state index in [-0.39, 0.29) is 22.3 Å². The van der Waals surface area contributed by atoms with Gasteiger partial charge in [0, 0.05) is 24.0 Å². The zero-order valence-corrected chi connectivity index (χ0v) is 25.4. The first-order valence-corrected chi connectivity index (χ1v) is 15.2. The van der Waals surface area contributed by atoms with Crippen LogP contribution in [0.5, 0.6) is 0 Å². The van der Waals surface area contributed by atoms with E-state index < -0.39 is 72.0 Å². The predicted molar refractivity (Wildman–Crippen MR) is 160 cm³/mol. The van der Waals surface area contributed by atoms with Gasteiger partial charge >= 0.3 is 12.4 Å². The highest BCUT2D eigenvalue weighted by molar-refractivity contribution is 6.33. The maximum Gasteiger partial charge on any atom is 0.416 e. The molecule has 5 rings (SSSR count). The SMILES string of the molecule is Cc1ccc(NC(=O)[C@H]2C[C@@H](C(F)(F)F)CN(C(=O)c3c(F)cccc3Cl)C2c2ccc(NC3CCCC3)cc2)cc1C(F)(F)F. The molecule has 3 aromatic carbocycles. The summed E-state index contributed by atoms with van der Waals surface area (Å²) in [4.78, 5) is 28.5. The van der Waals surface area contributed by atoms with Gasteiger partial charge in [-0.3, -0.25) is 9.59 Å². The van der Waals surface area contributed by atoms with E-state index in [1.165, 1.54) is 25.1 Å². The number of amides is 2. The molecule has 1 aliphatic carbocycles. The molecule has 3 aromatic rings. The molecule has 2 N–H and O–H groups in total. The first-order valence-electron chi connectivity index (χ1n) is 14.8. The number of anilines is 2. The van der Waals surface area contributed by atoms with Gasteiger partial charge in [0.25, 0.3) is 5.91 Å². The lowest BCUT2D eigenvalue weighted by Crippen LogP contribution is -2.52. The smallest absolute Gasteiger partial charge is 0.382 e. The summed E-state index contributed by atoms with van der Waals surface area (Å²) in [6.07, 6.45) is -6.25. The molecule has 46 heavy (non-hydrogen) atoms. The van der Waals surface area contributed by atoms with Crippen LogP contribution in [0.3, 0.4) is 0 Å². The second kappa shape index (κ2) is 13.1. The van der Waals surface area contributed by atoms with Crippen LogP contribution in [0, 0.1) is 24.6 Å². The third-order valence-electron chi connectivity index (χ3n) is 8.70. The number of carbonyl (C=O) groups is 2. The number of piperidine rings is 1. The summed E-state index contributed by atoms with van der Waals surface area (Å²) in [6, 6.07) is 11.9. The van der Waals surface area contributed by atoms with Crippen molar-refractivity contribution in [3.05, 3.63) is 93.8 Å². The number of nitrogens with zero attached hydrogens (tertiary/aromatic N) is 1. The highest BCUT2D eigenvalue weighted by Crippen LogP contribution is 2.46. The predicted octanol–water partition coefficient (Wildman–Crippen LogP) is 9.18. The second-order valence-corrected chi connectivity index (χ2v) is 12.3. The largest absolute Gasteiger partial charge is 0.416 e. The Morgan fingerprint density at radius 1 is 0.913 bits per heavy atom. The zero-order valence-electron chi connectivity index (χ0n) is 24.6. The van der Waals surface area contributed by atoms with Crippen LogP contribution in [0.4, 0.5) is 42.1 Å². The summed E-state index contributed by atoms with van der Waals surface area (Å²) >= 11 is 6.15. The Morgan fingerprint density at radius 3 is 2.17 bits per heavy atom. The Hall–Kier alpha value is -3.80. The van der Waals surface area contributed by atoms with Gasteiger partial charge in [0.15, 0.2) is 0 Å². The van der Waals surface area contributed by atoms with Gasteiger partial charge in [-0.25, -0.2) is 4.39 Å². The molecule has 5 nitrogen and oxygen atoms in total. The number of benzene rings is 3. The molecule has 246 valence electrons.